The van der Waals surface area contributed by atoms with E-state index in [0.717, 1.165) is 22.5 Å². The molecule has 1 aliphatic rings. The molecule has 3 heteroatoms. The van der Waals surface area contributed by atoms with E-state index < -0.39 is 0 Å². The molecule has 0 heterocycles. The van der Waals surface area contributed by atoms with Crippen molar-refractivity contribution in [3.63, 3.8) is 0 Å². The maximum absolute atomic E-state index is 12.9. The fourth-order valence-corrected chi connectivity index (χ4v) is 2.87. The highest BCUT2D eigenvalue weighted by Crippen LogP contribution is 2.24. The van der Waals surface area contributed by atoms with Crippen molar-refractivity contribution in [2.45, 2.75) is 45.2 Å². The molecule has 0 atom stereocenters. The van der Waals surface area contributed by atoms with Crippen LogP contribution < -0.4 is 5.32 Å². The standard InChI is InChI=1S/C14H19BrFN/c1-10-2-6-13(7-3-10)17-9-11-4-5-12(16)8-14(11)15/h4-5,8,10,13,17H,2-3,6-7,9H2,1H3. The van der Waals surface area contributed by atoms with Crippen molar-refractivity contribution >= 4 is 15.9 Å². The number of benzene rings is 1. The summed E-state index contributed by atoms with van der Waals surface area (Å²) in [4.78, 5) is 0. The molecular weight excluding hydrogens is 281 g/mol. The van der Waals surface area contributed by atoms with Gasteiger partial charge >= 0.3 is 0 Å². The minimum absolute atomic E-state index is 0.188. The van der Waals surface area contributed by atoms with Crippen LogP contribution in [0.5, 0.6) is 0 Å². The Morgan fingerprint density at radius 3 is 2.65 bits per heavy atom. The van der Waals surface area contributed by atoms with Crippen molar-refractivity contribution < 1.29 is 4.39 Å². The minimum atomic E-state index is -0.188. The maximum Gasteiger partial charge on any atom is 0.124 e. The highest BCUT2D eigenvalue weighted by Gasteiger charge is 2.17. The first-order valence-corrected chi connectivity index (χ1v) is 7.12. The lowest BCUT2D eigenvalue weighted by Gasteiger charge is -2.27. The Kier molecular flexibility index (Phi) is 4.57. The largest absolute Gasteiger partial charge is 0.310 e. The highest BCUT2D eigenvalue weighted by molar-refractivity contribution is 9.10. The van der Waals surface area contributed by atoms with Gasteiger partial charge in [-0.2, -0.15) is 0 Å². The fourth-order valence-electron chi connectivity index (χ4n) is 2.38. The van der Waals surface area contributed by atoms with Gasteiger partial charge in [0.2, 0.25) is 0 Å². The van der Waals surface area contributed by atoms with Crippen LogP contribution in [0.1, 0.15) is 38.2 Å². The van der Waals surface area contributed by atoms with Gasteiger partial charge in [-0.05, 0) is 49.3 Å². The first-order valence-electron chi connectivity index (χ1n) is 6.32. The summed E-state index contributed by atoms with van der Waals surface area (Å²) in [5, 5.41) is 3.57. The lowest BCUT2D eigenvalue weighted by atomic mass is 9.87. The summed E-state index contributed by atoms with van der Waals surface area (Å²) >= 11 is 3.40. The quantitative estimate of drug-likeness (QED) is 0.879. The summed E-state index contributed by atoms with van der Waals surface area (Å²) in [6, 6.07) is 5.52. The van der Waals surface area contributed by atoms with Gasteiger partial charge in [0, 0.05) is 17.1 Å². The Morgan fingerprint density at radius 2 is 2.00 bits per heavy atom. The molecule has 0 spiro atoms. The average molecular weight is 300 g/mol. The fraction of sp³-hybridized carbons (Fsp3) is 0.571. The molecule has 1 aliphatic carbocycles. The van der Waals surface area contributed by atoms with Crippen LogP contribution in [-0.2, 0) is 6.54 Å². The molecule has 0 aliphatic heterocycles. The van der Waals surface area contributed by atoms with Crippen LogP contribution in [0.4, 0.5) is 4.39 Å². The molecule has 0 bridgehead atoms. The van der Waals surface area contributed by atoms with Gasteiger partial charge in [-0.15, -0.1) is 0 Å². The van der Waals surface area contributed by atoms with Crippen molar-refractivity contribution in [3.8, 4) is 0 Å². The van der Waals surface area contributed by atoms with Crippen LogP contribution in [0, 0.1) is 11.7 Å². The first-order chi connectivity index (χ1) is 8.15. The summed E-state index contributed by atoms with van der Waals surface area (Å²) < 4.78 is 13.8. The Labute approximate surface area is 111 Å². The summed E-state index contributed by atoms with van der Waals surface area (Å²) in [5.41, 5.74) is 1.13. The minimum Gasteiger partial charge on any atom is -0.310 e. The lowest BCUT2D eigenvalue weighted by molar-refractivity contribution is 0.306. The summed E-state index contributed by atoms with van der Waals surface area (Å²) in [6.45, 7) is 3.15. The van der Waals surface area contributed by atoms with Gasteiger partial charge in [-0.25, -0.2) is 4.39 Å². The predicted molar refractivity (Wildman–Crippen MR) is 72.4 cm³/mol. The first kappa shape index (κ1) is 13.0. The number of rotatable bonds is 3. The Bertz CT molecular complexity index is 372. The summed E-state index contributed by atoms with van der Waals surface area (Å²) in [7, 11) is 0. The summed E-state index contributed by atoms with van der Waals surface area (Å²) in [5.74, 6) is 0.692. The molecule has 94 valence electrons. The van der Waals surface area contributed by atoms with Crippen molar-refractivity contribution in [2.75, 3.05) is 0 Å². The molecule has 0 unspecified atom stereocenters. The van der Waals surface area contributed by atoms with Crippen molar-refractivity contribution in [3.05, 3.63) is 34.1 Å². The molecule has 1 saturated carbocycles. The van der Waals surface area contributed by atoms with Gasteiger partial charge < -0.3 is 5.32 Å². The van der Waals surface area contributed by atoms with Gasteiger partial charge in [-0.1, -0.05) is 28.9 Å². The zero-order chi connectivity index (χ0) is 12.3. The average Bonchev–Trinajstić information content (AvgIpc) is 2.30. The van der Waals surface area contributed by atoms with Gasteiger partial charge in [0.15, 0.2) is 0 Å². The molecule has 1 aromatic carbocycles. The van der Waals surface area contributed by atoms with Crippen LogP contribution in [0.15, 0.2) is 22.7 Å². The van der Waals surface area contributed by atoms with Gasteiger partial charge in [0.05, 0.1) is 0 Å². The second kappa shape index (κ2) is 5.96. The van der Waals surface area contributed by atoms with E-state index in [1.807, 2.05) is 6.07 Å². The maximum atomic E-state index is 12.9. The van der Waals surface area contributed by atoms with E-state index in [1.54, 1.807) is 0 Å². The second-order valence-electron chi connectivity index (χ2n) is 5.07. The molecule has 0 aromatic heterocycles. The molecule has 17 heavy (non-hydrogen) atoms. The molecular formula is C14H19BrFN. The zero-order valence-corrected chi connectivity index (χ0v) is 11.8. The molecule has 1 fully saturated rings. The molecule has 2 rings (SSSR count). The Morgan fingerprint density at radius 1 is 1.29 bits per heavy atom. The molecule has 0 saturated heterocycles. The number of hydrogen-bond acceptors (Lipinski definition) is 1. The van der Waals surface area contributed by atoms with E-state index in [0.29, 0.717) is 6.04 Å². The third-order valence-electron chi connectivity index (χ3n) is 3.61. The highest BCUT2D eigenvalue weighted by atomic mass is 79.9. The van der Waals surface area contributed by atoms with Crippen LogP contribution >= 0.6 is 15.9 Å². The number of halogens is 2. The smallest absolute Gasteiger partial charge is 0.124 e. The Balaban J connectivity index is 1.85. The monoisotopic (exact) mass is 299 g/mol. The molecule has 0 radical (unpaired) electrons. The topological polar surface area (TPSA) is 12.0 Å². The third-order valence-corrected chi connectivity index (χ3v) is 4.35. The van der Waals surface area contributed by atoms with E-state index >= 15 is 0 Å². The van der Waals surface area contributed by atoms with Crippen molar-refractivity contribution in [1.82, 2.24) is 5.32 Å². The zero-order valence-electron chi connectivity index (χ0n) is 10.2. The van der Waals surface area contributed by atoms with Gasteiger partial charge in [0.25, 0.3) is 0 Å². The van der Waals surface area contributed by atoms with E-state index in [-0.39, 0.29) is 5.82 Å². The Hall–Kier alpha value is -0.410. The van der Waals surface area contributed by atoms with E-state index in [1.165, 1.54) is 37.8 Å². The van der Waals surface area contributed by atoms with Crippen molar-refractivity contribution in [2.24, 2.45) is 5.92 Å². The summed E-state index contributed by atoms with van der Waals surface area (Å²) in [6.07, 6.45) is 5.17. The van der Waals surface area contributed by atoms with Crippen LogP contribution in [0.25, 0.3) is 0 Å². The SMILES string of the molecule is CC1CCC(NCc2ccc(F)cc2Br)CC1. The van der Waals surface area contributed by atoms with E-state index in [9.17, 15) is 4.39 Å². The normalized spacial score (nSPS) is 24.9. The third kappa shape index (κ3) is 3.78. The van der Waals surface area contributed by atoms with Crippen LogP contribution in [0.2, 0.25) is 0 Å². The lowest BCUT2D eigenvalue weighted by Crippen LogP contribution is -2.32. The van der Waals surface area contributed by atoms with Crippen LogP contribution in [-0.4, -0.2) is 6.04 Å². The molecule has 1 nitrogen and oxygen atoms in total. The number of hydrogen-bond donors (Lipinski definition) is 1. The van der Waals surface area contributed by atoms with E-state index in [2.05, 4.69) is 28.2 Å². The number of nitrogens with one attached hydrogen (secondary N) is 1. The molecule has 1 N–H and O–H groups in total. The second-order valence-corrected chi connectivity index (χ2v) is 5.93. The van der Waals surface area contributed by atoms with Gasteiger partial charge in [0.1, 0.15) is 5.82 Å². The van der Waals surface area contributed by atoms with Gasteiger partial charge in [-0.3, -0.25) is 0 Å². The molecule has 1 aromatic rings. The predicted octanol–water partition coefficient (Wildman–Crippen LogP) is 4.26. The van der Waals surface area contributed by atoms with E-state index in [4.69, 9.17) is 0 Å². The van der Waals surface area contributed by atoms with Crippen LogP contribution in [0.3, 0.4) is 0 Å². The van der Waals surface area contributed by atoms with Crippen molar-refractivity contribution in [1.29, 1.82) is 0 Å². The molecule has 0 amide bonds.